The van der Waals surface area contributed by atoms with Gasteiger partial charge in [-0.2, -0.15) is 5.10 Å². The smallest absolute Gasteiger partial charge is 0.267 e. The summed E-state index contributed by atoms with van der Waals surface area (Å²) in [5.74, 6) is 0.557. The van der Waals surface area contributed by atoms with Crippen molar-refractivity contribution in [3.05, 3.63) is 27.7 Å². The first kappa shape index (κ1) is 13.0. The summed E-state index contributed by atoms with van der Waals surface area (Å²) in [5.41, 5.74) is 2.18. The predicted molar refractivity (Wildman–Crippen MR) is 78.0 cm³/mol. The van der Waals surface area contributed by atoms with E-state index in [1.807, 2.05) is 4.90 Å². The molecule has 1 atom stereocenters. The van der Waals surface area contributed by atoms with Crippen molar-refractivity contribution in [2.45, 2.75) is 57.5 Å². The lowest BCUT2D eigenvalue weighted by Crippen LogP contribution is -2.41. The molecule has 3 aliphatic rings. The monoisotopic (exact) mass is 287 g/mol. The van der Waals surface area contributed by atoms with E-state index in [4.69, 9.17) is 0 Å². The molecule has 21 heavy (non-hydrogen) atoms. The van der Waals surface area contributed by atoms with Gasteiger partial charge in [0.15, 0.2) is 0 Å². The summed E-state index contributed by atoms with van der Waals surface area (Å²) in [7, 11) is 0. The number of nitrogens with zero attached hydrogens (tertiary/aromatic N) is 3. The van der Waals surface area contributed by atoms with Crippen LogP contribution in [0.4, 0.5) is 0 Å². The van der Waals surface area contributed by atoms with Gasteiger partial charge in [-0.1, -0.05) is 0 Å². The summed E-state index contributed by atoms with van der Waals surface area (Å²) in [6.07, 6.45) is 7.17. The first-order valence-electron chi connectivity index (χ1n) is 8.13. The number of rotatable bonds is 3. The number of likely N-dealkylation sites (tertiary alicyclic amines) is 1. The average Bonchev–Trinajstić information content (AvgIpc) is 3.06. The Morgan fingerprint density at radius 1 is 1.24 bits per heavy atom. The lowest BCUT2D eigenvalue weighted by atomic mass is 10.2. The molecule has 1 amide bonds. The van der Waals surface area contributed by atoms with Gasteiger partial charge in [0.1, 0.15) is 0 Å². The summed E-state index contributed by atoms with van der Waals surface area (Å²) in [5, 5.41) is 4.54. The molecule has 0 aromatic carbocycles. The van der Waals surface area contributed by atoms with Crippen molar-refractivity contribution < 1.29 is 4.79 Å². The summed E-state index contributed by atoms with van der Waals surface area (Å²) in [6.45, 7) is 1.41. The molecule has 5 heteroatoms. The standard InChI is InChI=1S/C16H21N3O2/c20-15-9-12-3-1-5-14(12)17-19(15)10-13-4-2-8-18(13)16(21)11-6-7-11/h9,11,13H,1-8,10H2. The van der Waals surface area contributed by atoms with Crippen LogP contribution in [-0.4, -0.2) is 33.2 Å². The molecule has 2 fully saturated rings. The van der Waals surface area contributed by atoms with Crippen molar-refractivity contribution >= 4 is 5.91 Å². The molecule has 1 aromatic rings. The Kier molecular flexibility index (Phi) is 3.08. The van der Waals surface area contributed by atoms with E-state index in [1.165, 1.54) is 0 Å². The van der Waals surface area contributed by atoms with Gasteiger partial charge in [0.25, 0.3) is 5.56 Å². The first-order valence-corrected chi connectivity index (χ1v) is 8.13. The molecule has 1 saturated carbocycles. The minimum atomic E-state index is -0.0126. The summed E-state index contributed by atoms with van der Waals surface area (Å²) >= 11 is 0. The Bertz CT molecular complexity index is 633. The van der Waals surface area contributed by atoms with E-state index in [1.54, 1.807) is 10.7 Å². The number of carbonyl (C=O) groups excluding carboxylic acids is 1. The van der Waals surface area contributed by atoms with E-state index in [0.717, 1.165) is 62.7 Å². The molecular weight excluding hydrogens is 266 g/mol. The van der Waals surface area contributed by atoms with Crippen LogP contribution in [0.3, 0.4) is 0 Å². The van der Waals surface area contributed by atoms with Gasteiger partial charge in [-0.3, -0.25) is 9.59 Å². The van der Waals surface area contributed by atoms with Crippen LogP contribution in [0.1, 0.15) is 43.4 Å². The highest BCUT2D eigenvalue weighted by Crippen LogP contribution is 2.33. The molecule has 1 saturated heterocycles. The average molecular weight is 287 g/mol. The number of amides is 1. The molecule has 112 valence electrons. The molecular formula is C16H21N3O2. The molecule has 0 bridgehead atoms. The largest absolute Gasteiger partial charge is 0.338 e. The van der Waals surface area contributed by atoms with E-state index >= 15 is 0 Å². The second kappa shape index (κ2) is 4.97. The zero-order valence-electron chi connectivity index (χ0n) is 12.3. The highest BCUT2D eigenvalue weighted by molar-refractivity contribution is 5.81. The minimum Gasteiger partial charge on any atom is -0.338 e. The fourth-order valence-corrected chi connectivity index (χ4v) is 3.65. The Labute approximate surface area is 123 Å². The van der Waals surface area contributed by atoms with Crippen molar-refractivity contribution in [3.63, 3.8) is 0 Å². The first-order chi connectivity index (χ1) is 10.2. The third-order valence-electron chi connectivity index (χ3n) is 4.99. The number of aryl methyl sites for hydroxylation is 2. The maximum Gasteiger partial charge on any atom is 0.267 e. The molecule has 0 N–H and O–H groups in total. The predicted octanol–water partition coefficient (Wildman–Crippen LogP) is 1.13. The summed E-state index contributed by atoms with van der Waals surface area (Å²) in [4.78, 5) is 26.5. The van der Waals surface area contributed by atoms with Gasteiger partial charge in [0, 0.05) is 18.5 Å². The topological polar surface area (TPSA) is 55.2 Å². The van der Waals surface area contributed by atoms with E-state index in [2.05, 4.69) is 5.10 Å². The van der Waals surface area contributed by atoms with Crippen molar-refractivity contribution in [2.75, 3.05) is 6.54 Å². The van der Waals surface area contributed by atoms with Crippen molar-refractivity contribution in [1.29, 1.82) is 0 Å². The number of carbonyl (C=O) groups is 1. The zero-order valence-corrected chi connectivity index (χ0v) is 12.3. The Morgan fingerprint density at radius 2 is 2.10 bits per heavy atom. The molecule has 1 aromatic heterocycles. The van der Waals surface area contributed by atoms with Gasteiger partial charge < -0.3 is 4.90 Å². The van der Waals surface area contributed by atoms with Gasteiger partial charge in [0.05, 0.1) is 18.3 Å². The molecule has 4 rings (SSSR count). The number of hydrogen-bond acceptors (Lipinski definition) is 3. The van der Waals surface area contributed by atoms with E-state index < -0.39 is 0 Å². The molecule has 5 nitrogen and oxygen atoms in total. The van der Waals surface area contributed by atoms with Gasteiger partial charge in [0.2, 0.25) is 5.91 Å². The lowest BCUT2D eigenvalue weighted by molar-refractivity contribution is -0.133. The van der Waals surface area contributed by atoms with E-state index in [0.29, 0.717) is 12.5 Å². The summed E-state index contributed by atoms with van der Waals surface area (Å²) in [6, 6.07) is 1.90. The number of fused-ring (bicyclic) bond motifs is 1. The number of hydrogen-bond donors (Lipinski definition) is 0. The van der Waals surface area contributed by atoms with Crippen LogP contribution < -0.4 is 5.56 Å². The third-order valence-corrected chi connectivity index (χ3v) is 4.99. The third kappa shape index (κ3) is 2.39. The normalized spacial score (nSPS) is 24.4. The Hall–Kier alpha value is -1.65. The van der Waals surface area contributed by atoms with Gasteiger partial charge in [-0.25, -0.2) is 4.68 Å². The summed E-state index contributed by atoms with van der Waals surface area (Å²) < 4.78 is 1.59. The molecule has 1 aliphatic heterocycles. The van der Waals surface area contributed by atoms with Crippen LogP contribution in [0.15, 0.2) is 10.9 Å². The second-order valence-electron chi connectivity index (χ2n) is 6.59. The lowest BCUT2D eigenvalue weighted by Gasteiger charge is -2.25. The van der Waals surface area contributed by atoms with Crippen molar-refractivity contribution in [1.82, 2.24) is 14.7 Å². The van der Waals surface area contributed by atoms with Crippen LogP contribution in [0.5, 0.6) is 0 Å². The fraction of sp³-hybridized carbons (Fsp3) is 0.688. The quantitative estimate of drug-likeness (QED) is 0.837. The highest BCUT2D eigenvalue weighted by Gasteiger charge is 2.38. The number of aromatic nitrogens is 2. The van der Waals surface area contributed by atoms with Gasteiger partial charge >= 0.3 is 0 Å². The van der Waals surface area contributed by atoms with Crippen LogP contribution in [0.2, 0.25) is 0 Å². The maximum absolute atomic E-state index is 12.3. The second-order valence-corrected chi connectivity index (χ2v) is 6.59. The maximum atomic E-state index is 12.3. The highest BCUT2D eigenvalue weighted by atomic mass is 16.2. The van der Waals surface area contributed by atoms with Crippen LogP contribution in [0.25, 0.3) is 0 Å². The molecule has 0 spiro atoms. The van der Waals surface area contributed by atoms with Crippen LogP contribution in [-0.2, 0) is 24.2 Å². The molecule has 2 heterocycles. The molecule has 0 radical (unpaired) electrons. The van der Waals surface area contributed by atoms with Crippen LogP contribution in [0, 0.1) is 5.92 Å². The Morgan fingerprint density at radius 3 is 2.90 bits per heavy atom. The SMILES string of the molecule is O=C(C1CC1)N1CCCC1Cn1nc2c(cc1=O)CCC2. The Balaban J connectivity index is 1.55. The van der Waals surface area contributed by atoms with Crippen LogP contribution >= 0.6 is 0 Å². The molecule has 1 unspecified atom stereocenters. The van der Waals surface area contributed by atoms with E-state index in [-0.39, 0.29) is 17.5 Å². The van der Waals surface area contributed by atoms with Gasteiger partial charge in [-0.15, -0.1) is 0 Å². The van der Waals surface area contributed by atoms with Crippen molar-refractivity contribution in [3.8, 4) is 0 Å². The molecule has 2 aliphatic carbocycles. The fourth-order valence-electron chi connectivity index (χ4n) is 3.65. The van der Waals surface area contributed by atoms with Gasteiger partial charge in [-0.05, 0) is 50.5 Å². The minimum absolute atomic E-state index is 0.0126. The van der Waals surface area contributed by atoms with E-state index in [9.17, 15) is 9.59 Å². The zero-order chi connectivity index (χ0) is 14.4. The van der Waals surface area contributed by atoms with Crippen molar-refractivity contribution in [2.24, 2.45) is 5.92 Å².